The topological polar surface area (TPSA) is 81.4 Å². The van der Waals surface area contributed by atoms with Gasteiger partial charge in [0.25, 0.3) is 0 Å². The molecule has 0 saturated heterocycles. The highest BCUT2D eigenvalue weighted by Crippen LogP contribution is 2.42. The van der Waals surface area contributed by atoms with Gasteiger partial charge >= 0.3 is 0 Å². The first-order valence-electron chi connectivity index (χ1n) is 8.35. The molecule has 0 unspecified atom stereocenters. The van der Waals surface area contributed by atoms with E-state index in [0.29, 0.717) is 6.54 Å². The summed E-state index contributed by atoms with van der Waals surface area (Å²) in [6.45, 7) is 2.78. The van der Waals surface area contributed by atoms with E-state index in [9.17, 15) is 0 Å². The molecule has 26 heavy (non-hydrogen) atoms. The Kier molecular flexibility index (Phi) is 3.56. The van der Waals surface area contributed by atoms with Crippen LogP contribution in [0.4, 0.5) is 11.5 Å². The summed E-state index contributed by atoms with van der Waals surface area (Å²) < 4.78 is 2.06. The van der Waals surface area contributed by atoms with E-state index in [2.05, 4.69) is 59.9 Å². The van der Waals surface area contributed by atoms with Gasteiger partial charge in [0, 0.05) is 17.3 Å². The number of anilines is 2. The van der Waals surface area contributed by atoms with Crippen LogP contribution >= 0.6 is 11.8 Å². The Morgan fingerprint density at radius 3 is 2.92 bits per heavy atom. The van der Waals surface area contributed by atoms with E-state index in [4.69, 9.17) is 0 Å². The maximum absolute atomic E-state index is 4.50. The molecule has 1 aliphatic rings. The van der Waals surface area contributed by atoms with Crippen molar-refractivity contribution in [3.63, 3.8) is 0 Å². The predicted octanol–water partition coefficient (Wildman–Crippen LogP) is 3.44. The number of benzene rings is 1. The first-order chi connectivity index (χ1) is 12.8. The Balaban J connectivity index is 1.48. The Labute approximate surface area is 154 Å². The van der Waals surface area contributed by atoms with Crippen molar-refractivity contribution in [3.8, 4) is 0 Å². The van der Waals surface area contributed by atoms with Gasteiger partial charge in [0.2, 0.25) is 0 Å². The summed E-state index contributed by atoms with van der Waals surface area (Å²) in [6, 6.07) is 6.39. The number of hydrogen-bond donors (Lipinski definition) is 1. The van der Waals surface area contributed by atoms with E-state index in [0.717, 1.165) is 44.7 Å². The van der Waals surface area contributed by atoms with Crippen molar-refractivity contribution in [2.75, 3.05) is 5.32 Å². The molecule has 5 rings (SSSR count). The molecule has 4 aromatic rings. The lowest BCUT2D eigenvalue weighted by Gasteiger charge is -2.19. The van der Waals surface area contributed by atoms with Gasteiger partial charge in [0.05, 0.1) is 24.3 Å². The molecule has 0 aliphatic carbocycles. The number of aryl methyl sites for hydroxylation is 1. The number of hydrogen-bond acceptors (Lipinski definition) is 7. The van der Waals surface area contributed by atoms with Crippen molar-refractivity contribution >= 4 is 34.4 Å². The molecule has 1 aliphatic heterocycles. The normalized spacial score (nSPS) is 12.5. The summed E-state index contributed by atoms with van der Waals surface area (Å²) >= 11 is 1.63. The zero-order valence-electron chi connectivity index (χ0n) is 14.0. The zero-order valence-corrected chi connectivity index (χ0v) is 14.9. The Bertz CT molecular complexity index is 1120. The van der Waals surface area contributed by atoms with Crippen molar-refractivity contribution in [3.05, 3.63) is 54.5 Å². The maximum atomic E-state index is 4.50. The van der Waals surface area contributed by atoms with Crippen molar-refractivity contribution in [1.82, 2.24) is 29.5 Å². The van der Waals surface area contributed by atoms with Crippen molar-refractivity contribution < 1.29 is 0 Å². The second kappa shape index (κ2) is 6.06. The summed E-state index contributed by atoms with van der Waals surface area (Å²) in [5, 5.41) is 4.27. The van der Waals surface area contributed by atoms with E-state index in [1.165, 1.54) is 5.56 Å². The highest BCUT2D eigenvalue weighted by atomic mass is 32.2. The third-order valence-electron chi connectivity index (χ3n) is 4.33. The van der Waals surface area contributed by atoms with Gasteiger partial charge in [0.1, 0.15) is 16.9 Å². The van der Waals surface area contributed by atoms with Crippen LogP contribution in [-0.2, 0) is 13.0 Å². The predicted molar refractivity (Wildman–Crippen MR) is 99.7 cm³/mol. The standard InChI is InChI=1S/C18H15N7S/c1-2-12-15-17(22-9-21-12)25(10-23-15)8-11-3-4-14-13(7-11)24-16-18(26-14)20-6-5-19-16/h3-7,9-10H,2,8H2,1H3,(H,19,24). The van der Waals surface area contributed by atoms with Gasteiger partial charge in [-0.1, -0.05) is 24.8 Å². The summed E-state index contributed by atoms with van der Waals surface area (Å²) in [7, 11) is 0. The molecule has 0 radical (unpaired) electrons. The molecule has 3 aromatic heterocycles. The Hall–Kier alpha value is -3.00. The molecule has 4 heterocycles. The third kappa shape index (κ3) is 2.50. The minimum Gasteiger partial charge on any atom is -0.337 e. The SMILES string of the molecule is CCc1ncnc2c1ncn2Cc1ccc2c(c1)Nc1nccnc1S2. The van der Waals surface area contributed by atoms with Crippen LogP contribution in [0.1, 0.15) is 18.2 Å². The molecule has 8 heteroatoms. The van der Waals surface area contributed by atoms with Crippen LogP contribution in [-0.4, -0.2) is 29.5 Å². The van der Waals surface area contributed by atoms with E-state index < -0.39 is 0 Å². The molecule has 0 atom stereocenters. The van der Waals surface area contributed by atoms with Gasteiger partial charge < -0.3 is 9.88 Å². The average Bonchev–Trinajstić information content (AvgIpc) is 3.09. The van der Waals surface area contributed by atoms with Gasteiger partial charge in [-0.3, -0.25) is 0 Å². The lowest BCUT2D eigenvalue weighted by molar-refractivity contribution is 0.811. The van der Waals surface area contributed by atoms with E-state index in [1.807, 2.05) is 6.33 Å². The minimum absolute atomic E-state index is 0.698. The first-order valence-corrected chi connectivity index (χ1v) is 9.17. The van der Waals surface area contributed by atoms with Crippen molar-refractivity contribution in [2.45, 2.75) is 29.8 Å². The van der Waals surface area contributed by atoms with Crippen LogP contribution < -0.4 is 5.32 Å². The molecule has 1 N–H and O–H groups in total. The Morgan fingerprint density at radius 1 is 1.08 bits per heavy atom. The fourth-order valence-corrected chi connectivity index (χ4v) is 3.96. The first kappa shape index (κ1) is 15.3. The fraction of sp³-hybridized carbons (Fsp3) is 0.167. The van der Waals surface area contributed by atoms with Crippen LogP contribution in [0.2, 0.25) is 0 Å². The molecule has 0 amide bonds. The van der Waals surface area contributed by atoms with Gasteiger partial charge in [-0.2, -0.15) is 0 Å². The van der Waals surface area contributed by atoms with Gasteiger partial charge in [-0.05, 0) is 24.1 Å². The van der Waals surface area contributed by atoms with Crippen LogP contribution in [0, 0.1) is 0 Å². The van der Waals surface area contributed by atoms with E-state index in [-0.39, 0.29) is 0 Å². The Morgan fingerprint density at radius 2 is 2.00 bits per heavy atom. The second-order valence-corrected chi connectivity index (χ2v) is 7.02. The maximum Gasteiger partial charge on any atom is 0.163 e. The minimum atomic E-state index is 0.698. The quantitative estimate of drug-likeness (QED) is 0.527. The molecule has 1 aromatic carbocycles. The molecule has 0 bridgehead atoms. The van der Waals surface area contributed by atoms with Crippen molar-refractivity contribution in [1.29, 1.82) is 0 Å². The molecule has 0 spiro atoms. The highest BCUT2D eigenvalue weighted by Gasteiger charge is 2.18. The van der Waals surface area contributed by atoms with E-state index in [1.54, 1.807) is 30.5 Å². The number of nitrogens with one attached hydrogen (secondary N) is 1. The van der Waals surface area contributed by atoms with Gasteiger partial charge in [-0.15, -0.1) is 0 Å². The third-order valence-corrected chi connectivity index (χ3v) is 5.40. The number of rotatable bonds is 3. The molecular formula is C18H15N7S. The second-order valence-electron chi connectivity index (χ2n) is 5.99. The summed E-state index contributed by atoms with van der Waals surface area (Å²) in [5.74, 6) is 0.801. The number of aromatic nitrogens is 6. The number of fused-ring (bicyclic) bond motifs is 3. The van der Waals surface area contributed by atoms with Gasteiger partial charge in [0.15, 0.2) is 11.5 Å². The summed E-state index contributed by atoms with van der Waals surface area (Å²) in [5.41, 5.74) is 4.94. The fourth-order valence-electron chi connectivity index (χ4n) is 3.08. The molecular weight excluding hydrogens is 346 g/mol. The molecule has 0 saturated carbocycles. The van der Waals surface area contributed by atoms with E-state index >= 15 is 0 Å². The van der Waals surface area contributed by atoms with Gasteiger partial charge in [-0.25, -0.2) is 24.9 Å². The lowest BCUT2D eigenvalue weighted by atomic mass is 10.2. The van der Waals surface area contributed by atoms with Crippen LogP contribution in [0.15, 0.2) is 53.2 Å². The average molecular weight is 361 g/mol. The molecule has 128 valence electrons. The van der Waals surface area contributed by atoms with Crippen LogP contribution in [0.3, 0.4) is 0 Å². The molecule has 7 nitrogen and oxygen atoms in total. The monoisotopic (exact) mass is 361 g/mol. The highest BCUT2D eigenvalue weighted by molar-refractivity contribution is 7.99. The molecule has 0 fully saturated rings. The van der Waals surface area contributed by atoms with Crippen LogP contribution in [0.5, 0.6) is 0 Å². The number of imidazole rings is 1. The summed E-state index contributed by atoms with van der Waals surface area (Å²) in [6.07, 6.45) is 7.70. The van der Waals surface area contributed by atoms with Crippen molar-refractivity contribution in [2.24, 2.45) is 0 Å². The summed E-state index contributed by atoms with van der Waals surface area (Å²) in [4.78, 5) is 23.1. The van der Waals surface area contributed by atoms with Crippen LogP contribution in [0.25, 0.3) is 11.2 Å². The number of nitrogens with zero attached hydrogens (tertiary/aromatic N) is 6. The largest absolute Gasteiger partial charge is 0.337 e. The smallest absolute Gasteiger partial charge is 0.163 e. The lowest BCUT2D eigenvalue weighted by Crippen LogP contribution is -2.05. The zero-order chi connectivity index (χ0) is 17.5.